The van der Waals surface area contributed by atoms with E-state index < -0.39 is 0 Å². The number of hydrogen-bond acceptors (Lipinski definition) is 5. The molecule has 1 N–H and O–H groups in total. The van der Waals surface area contributed by atoms with Crippen LogP contribution in [0.2, 0.25) is 0 Å². The van der Waals surface area contributed by atoms with E-state index in [0.29, 0.717) is 17.5 Å². The van der Waals surface area contributed by atoms with Gasteiger partial charge in [0.2, 0.25) is 5.91 Å². The van der Waals surface area contributed by atoms with Gasteiger partial charge < -0.3 is 10.1 Å². The van der Waals surface area contributed by atoms with Crippen LogP contribution >= 0.6 is 34.4 Å². The van der Waals surface area contributed by atoms with E-state index in [1.807, 2.05) is 60.0 Å². The standard InChI is InChI=1S/C25H23IN4O2S/c1-3-13-30-23(15-32-22-10-6-8-18-7-4-5-9-20(18)22)28-29-25(30)33-16-24(31)27-21-12-11-19(26)14-17(21)2/h3-12,14H,1,13,15-16H2,2H3,(H,27,31). The van der Waals surface area contributed by atoms with Crippen LogP contribution < -0.4 is 10.1 Å². The van der Waals surface area contributed by atoms with E-state index in [0.717, 1.165) is 31.3 Å². The smallest absolute Gasteiger partial charge is 0.234 e. The van der Waals surface area contributed by atoms with E-state index >= 15 is 0 Å². The Balaban J connectivity index is 1.43. The number of ether oxygens (including phenoxy) is 1. The van der Waals surface area contributed by atoms with E-state index in [1.165, 1.54) is 11.8 Å². The van der Waals surface area contributed by atoms with Gasteiger partial charge in [-0.2, -0.15) is 0 Å². The number of thioether (sulfide) groups is 1. The number of rotatable bonds is 9. The lowest BCUT2D eigenvalue weighted by Crippen LogP contribution is -2.15. The fraction of sp³-hybridized carbons (Fsp3) is 0.160. The first kappa shape index (κ1) is 23.3. The first-order valence-corrected chi connectivity index (χ1v) is 12.4. The van der Waals surface area contributed by atoms with Crippen molar-refractivity contribution >= 4 is 56.7 Å². The lowest BCUT2D eigenvalue weighted by atomic mass is 10.1. The summed E-state index contributed by atoms with van der Waals surface area (Å²) in [6.07, 6.45) is 1.78. The Morgan fingerprint density at radius 1 is 1.18 bits per heavy atom. The van der Waals surface area contributed by atoms with E-state index in [1.54, 1.807) is 6.08 Å². The predicted molar refractivity (Wildman–Crippen MR) is 142 cm³/mol. The molecule has 1 aromatic heterocycles. The van der Waals surface area contributed by atoms with Gasteiger partial charge in [-0.15, -0.1) is 16.8 Å². The number of carbonyl (C=O) groups is 1. The summed E-state index contributed by atoms with van der Waals surface area (Å²) < 4.78 is 9.14. The molecule has 0 radical (unpaired) electrons. The highest BCUT2D eigenvalue weighted by molar-refractivity contribution is 14.1. The number of nitrogens with zero attached hydrogens (tertiary/aromatic N) is 3. The third-order valence-corrected chi connectivity index (χ3v) is 6.64. The molecule has 1 heterocycles. The molecule has 0 bridgehead atoms. The third kappa shape index (κ3) is 5.75. The Bertz CT molecular complexity index is 1300. The molecular formula is C25H23IN4O2S. The lowest BCUT2D eigenvalue weighted by Gasteiger charge is -2.11. The molecule has 0 fully saturated rings. The highest BCUT2D eigenvalue weighted by Crippen LogP contribution is 2.26. The summed E-state index contributed by atoms with van der Waals surface area (Å²) in [5.41, 5.74) is 1.85. The molecule has 0 aliphatic carbocycles. The van der Waals surface area contributed by atoms with E-state index in [4.69, 9.17) is 4.74 Å². The van der Waals surface area contributed by atoms with Crippen molar-refractivity contribution in [2.75, 3.05) is 11.1 Å². The number of anilines is 1. The molecule has 0 atom stereocenters. The zero-order chi connectivity index (χ0) is 23.2. The van der Waals surface area contributed by atoms with Gasteiger partial charge in [-0.3, -0.25) is 9.36 Å². The second-order valence-corrected chi connectivity index (χ2v) is 9.55. The number of allylic oxidation sites excluding steroid dienone is 1. The molecule has 0 aliphatic heterocycles. The monoisotopic (exact) mass is 570 g/mol. The Hall–Kier alpha value is -2.85. The van der Waals surface area contributed by atoms with Crippen molar-refractivity contribution in [3.8, 4) is 5.75 Å². The number of benzene rings is 3. The number of aryl methyl sites for hydroxylation is 1. The first-order chi connectivity index (χ1) is 16.0. The average molecular weight is 570 g/mol. The van der Waals surface area contributed by atoms with Gasteiger partial charge >= 0.3 is 0 Å². The van der Waals surface area contributed by atoms with Crippen molar-refractivity contribution in [3.63, 3.8) is 0 Å². The summed E-state index contributed by atoms with van der Waals surface area (Å²) in [6.45, 7) is 6.61. The molecule has 0 aliphatic rings. The maximum atomic E-state index is 12.5. The maximum Gasteiger partial charge on any atom is 0.234 e. The van der Waals surface area contributed by atoms with Gasteiger partial charge in [-0.1, -0.05) is 54.2 Å². The van der Waals surface area contributed by atoms with Crippen LogP contribution in [0.3, 0.4) is 0 Å². The number of amides is 1. The van der Waals surface area contributed by atoms with Gasteiger partial charge in [0, 0.05) is 21.2 Å². The highest BCUT2D eigenvalue weighted by atomic mass is 127. The molecule has 6 nitrogen and oxygen atoms in total. The van der Waals surface area contributed by atoms with Crippen molar-refractivity contribution < 1.29 is 9.53 Å². The Morgan fingerprint density at radius 3 is 2.82 bits per heavy atom. The van der Waals surface area contributed by atoms with Crippen LogP contribution in [0.4, 0.5) is 5.69 Å². The van der Waals surface area contributed by atoms with E-state index in [9.17, 15) is 4.79 Å². The molecule has 4 aromatic rings. The SMILES string of the molecule is C=CCn1c(COc2cccc3ccccc23)nnc1SCC(=O)Nc1ccc(I)cc1C. The minimum absolute atomic E-state index is 0.0917. The Morgan fingerprint density at radius 2 is 2.00 bits per heavy atom. The molecule has 33 heavy (non-hydrogen) atoms. The summed E-state index contributed by atoms with van der Waals surface area (Å²) in [5.74, 6) is 1.61. The first-order valence-electron chi connectivity index (χ1n) is 10.4. The van der Waals surface area contributed by atoms with Gasteiger partial charge in [0.05, 0.1) is 5.75 Å². The summed E-state index contributed by atoms with van der Waals surface area (Å²) in [4.78, 5) is 12.5. The average Bonchev–Trinajstić information content (AvgIpc) is 3.20. The number of halogens is 1. The van der Waals surface area contributed by atoms with Crippen molar-refractivity contribution in [1.29, 1.82) is 0 Å². The predicted octanol–water partition coefficient (Wildman–Crippen LogP) is 5.84. The van der Waals surface area contributed by atoms with Gasteiger partial charge in [0.25, 0.3) is 0 Å². The second-order valence-electron chi connectivity index (χ2n) is 7.36. The number of carbonyl (C=O) groups excluding carboxylic acids is 1. The molecule has 4 rings (SSSR count). The number of fused-ring (bicyclic) bond motifs is 1. The summed E-state index contributed by atoms with van der Waals surface area (Å²) in [6, 6.07) is 20.0. The van der Waals surface area contributed by atoms with Gasteiger partial charge in [-0.05, 0) is 64.7 Å². The van der Waals surface area contributed by atoms with E-state index in [-0.39, 0.29) is 18.3 Å². The Labute approximate surface area is 210 Å². The number of nitrogens with one attached hydrogen (secondary N) is 1. The fourth-order valence-electron chi connectivity index (χ4n) is 3.39. The van der Waals surface area contributed by atoms with Crippen LogP contribution in [0.25, 0.3) is 10.8 Å². The third-order valence-electron chi connectivity index (χ3n) is 5.01. The largest absolute Gasteiger partial charge is 0.485 e. The molecule has 0 saturated heterocycles. The van der Waals surface area contributed by atoms with Crippen molar-refractivity contribution in [1.82, 2.24) is 14.8 Å². The van der Waals surface area contributed by atoms with E-state index in [2.05, 4.69) is 56.8 Å². The normalized spacial score (nSPS) is 10.8. The summed E-state index contributed by atoms with van der Waals surface area (Å²) >= 11 is 3.60. The van der Waals surface area contributed by atoms with Gasteiger partial charge in [0.15, 0.2) is 11.0 Å². The number of aromatic nitrogens is 3. The lowest BCUT2D eigenvalue weighted by molar-refractivity contribution is -0.113. The van der Waals surface area contributed by atoms with Crippen LogP contribution in [-0.4, -0.2) is 26.4 Å². The maximum absolute atomic E-state index is 12.5. The number of hydrogen-bond donors (Lipinski definition) is 1. The molecule has 1 amide bonds. The minimum atomic E-state index is -0.0917. The van der Waals surface area contributed by atoms with Gasteiger partial charge in [0.1, 0.15) is 12.4 Å². The molecule has 0 unspecified atom stereocenters. The Kier molecular flexibility index (Phi) is 7.66. The molecule has 0 saturated carbocycles. The fourth-order valence-corrected chi connectivity index (χ4v) is 4.81. The van der Waals surface area contributed by atoms with Crippen molar-refractivity contribution in [2.45, 2.75) is 25.2 Å². The minimum Gasteiger partial charge on any atom is -0.485 e. The van der Waals surface area contributed by atoms with Crippen LogP contribution in [0.5, 0.6) is 5.75 Å². The molecule has 0 spiro atoms. The van der Waals surface area contributed by atoms with Crippen molar-refractivity contribution in [2.24, 2.45) is 0 Å². The second kappa shape index (κ2) is 10.8. The zero-order valence-corrected chi connectivity index (χ0v) is 21.1. The van der Waals surface area contributed by atoms with Crippen molar-refractivity contribution in [3.05, 3.63) is 88.3 Å². The molecule has 3 aromatic carbocycles. The highest BCUT2D eigenvalue weighted by Gasteiger charge is 2.15. The zero-order valence-electron chi connectivity index (χ0n) is 18.1. The molecular weight excluding hydrogens is 547 g/mol. The van der Waals surface area contributed by atoms with Crippen LogP contribution in [0.1, 0.15) is 11.4 Å². The quantitative estimate of drug-likeness (QED) is 0.156. The summed E-state index contributed by atoms with van der Waals surface area (Å²) in [5, 5.41) is 14.4. The van der Waals surface area contributed by atoms with Crippen LogP contribution in [0.15, 0.2) is 78.5 Å². The van der Waals surface area contributed by atoms with Crippen LogP contribution in [-0.2, 0) is 17.9 Å². The molecule has 8 heteroatoms. The van der Waals surface area contributed by atoms with Crippen LogP contribution in [0, 0.1) is 10.5 Å². The topological polar surface area (TPSA) is 69.0 Å². The molecule has 168 valence electrons. The van der Waals surface area contributed by atoms with Gasteiger partial charge in [-0.25, -0.2) is 0 Å². The summed E-state index contributed by atoms with van der Waals surface area (Å²) in [7, 11) is 0.